The van der Waals surface area contributed by atoms with E-state index in [9.17, 15) is 19.3 Å². The Bertz CT molecular complexity index is 977. The number of hydrogen-bond donors (Lipinski definition) is 0. The topological polar surface area (TPSA) is 80.8 Å². The third-order valence-corrected chi connectivity index (χ3v) is 4.69. The minimum atomic E-state index is -0.655. The van der Waals surface area contributed by atoms with E-state index >= 15 is 0 Å². The molecule has 1 atom stereocenters. The molecular weight excluding hydrogens is 387 g/mol. The van der Waals surface area contributed by atoms with Gasteiger partial charge in [0.15, 0.2) is 0 Å². The Labute approximate surface area is 165 Å². The average molecular weight is 405 g/mol. The molecule has 1 unspecified atom stereocenters. The van der Waals surface area contributed by atoms with Crippen molar-refractivity contribution in [1.82, 2.24) is 14.3 Å². The van der Waals surface area contributed by atoms with Gasteiger partial charge in [-0.25, -0.2) is 9.37 Å². The van der Waals surface area contributed by atoms with Gasteiger partial charge in [0.05, 0.1) is 30.1 Å². The van der Waals surface area contributed by atoms with Crippen molar-refractivity contribution in [3.63, 3.8) is 0 Å². The van der Waals surface area contributed by atoms with Crippen LogP contribution in [0.15, 0.2) is 55.1 Å². The predicted molar refractivity (Wildman–Crippen MR) is 103 cm³/mol. The van der Waals surface area contributed by atoms with Gasteiger partial charge < -0.3 is 9.30 Å². The van der Waals surface area contributed by atoms with Crippen molar-refractivity contribution in [3.05, 3.63) is 81.6 Å². The number of likely N-dealkylation sites (tertiary alicyclic amines) is 1. The molecule has 9 heteroatoms. The Morgan fingerprint density at radius 3 is 2.82 bits per heavy atom. The first kappa shape index (κ1) is 19.8. The van der Waals surface area contributed by atoms with Gasteiger partial charge >= 0.3 is 0 Å². The van der Waals surface area contributed by atoms with Crippen molar-refractivity contribution >= 4 is 23.0 Å². The molecule has 146 valence electrons. The van der Waals surface area contributed by atoms with Crippen LogP contribution in [-0.2, 0) is 0 Å². The fourth-order valence-electron chi connectivity index (χ4n) is 3.07. The van der Waals surface area contributed by atoms with Crippen LogP contribution in [-0.4, -0.2) is 44.2 Å². The van der Waals surface area contributed by atoms with E-state index in [0.29, 0.717) is 30.0 Å². The summed E-state index contributed by atoms with van der Waals surface area (Å²) in [5.41, 5.74) is 1.26. The van der Waals surface area contributed by atoms with Crippen LogP contribution in [0.3, 0.4) is 0 Å². The third kappa shape index (κ3) is 4.64. The van der Waals surface area contributed by atoms with E-state index < -0.39 is 6.04 Å². The molecule has 28 heavy (non-hydrogen) atoms. The molecule has 1 aliphatic rings. The molecule has 0 N–H and O–H groups in total. The molecule has 4 rings (SSSR count). The lowest BCUT2D eigenvalue weighted by Gasteiger charge is -2.28. The molecule has 1 aliphatic heterocycles. The highest BCUT2D eigenvalue weighted by molar-refractivity contribution is 6.30. The second kappa shape index (κ2) is 8.79. The van der Waals surface area contributed by atoms with Gasteiger partial charge in [0.1, 0.15) is 5.82 Å². The number of halogens is 2. The zero-order valence-corrected chi connectivity index (χ0v) is 15.6. The molecule has 0 bridgehead atoms. The van der Waals surface area contributed by atoms with Crippen LogP contribution in [0.1, 0.15) is 23.2 Å². The van der Waals surface area contributed by atoms with Crippen molar-refractivity contribution < 1.29 is 14.1 Å². The summed E-state index contributed by atoms with van der Waals surface area (Å²) < 4.78 is 13.8. The average Bonchev–Trinajstić information content (AvgIpc) is 3.17. The van der Waals surface area contributed by atoms with Crippen molar-refractivity contribution in [2.75, 3.05) is 13.1 Å². The number of amides is 1. The summed E-state index contributed by atoms with van der Waals surface area (Å²) >= 11 is 5.40. The number of rotatable bonds is 2. The summed E-state index contributed by atoms with van der Waals surface area (Å²) in [6.45, 7) is 0.749. The number of hydrogen-bond acceptors (Lipinski definition) is 4. The van der Waals surface area contributed by atoms with E-state index in [1.165, 1.54) is 12.1 Å². The van der Waals surface area contributed by atoms with Crippen LogP contribution in [0.2, 0.25) is 5.02 Å². The predicted octanol–water partition coefficient (Wildman–Crippen LogP) is 3.69. The van der Waals surface area contributed by atoms with Crippen molar-refractivity contribution in [2.24, 2.45) is 0 Å². The molecule has 2 aromatic heterocycles. The van der Waals surface area contributed by atoms with Crippen molar-refractivity contribution in [2.45, 2.75) is 18.9 Å². The first-order valence-electron chi connectivity index (χ1n) is 8.70. The van der Waals surface area contributed by atoms with Gasteiger partial charge in [0, 0.05) is 29.1 Å². The molecule has 0 saturated carbocycles. The molecule has 1 saturated heterocycles. The van der Waals surface area contributed by atoms with E-state index in [1.807, 2.05) is 6.20 Å². The summed E-state index contributed by atoms with van der Waals surface area (Å²) in [6, 6.07) is 8.67. The molecule has 0 radical (unpaired) electrons. The molecule has 1 amide bonds. The van der Waals surface area contributed by atoms with Crippen molar-refractivity contribution in [3.8, 4) is 0 Å². The smallest absolute Gasteiger partial charge is 0.256 e. The Morgan fingerprint density at radius 1 is 1.32 bits per heavy atom. The fourth-order valence-corrected chi connectivity index (χ4v) is 3.25. The molecule has 3 aromatic rings. The normalized spacial score (nSPS) is 16.4. The van der Waals surface area contributed by atoms with Gasteiger partial charge in [-0.1, -0.05) is 17.7 Å². The van der Waals surface area contributed by atoms with E-state index in [1.54, 1.807) is 46.1 Å². The lowest BCUT2D eigenvalue weighted by atomic mass is 10.1. The highest BCUT2D eigenvalue weighted by Crippen LogP contribution is 2.18. The molecular formula is C19H18ClFN4O3. The number of nitro groups is 1. The highest BCUT2D eigenvalue weighted by atomic mass is 35.5. The van der Waals surface area contributed by atoms with Gasteiger partial charge in [0.25, 0.3) is 5.91 Å². The maximum atomic E-state index is 12.5. The van der Waals surface area contributed by atoms with E-state index in [2.05, 4.69) is 4.98 Å². The standard InChI is InChI=1S/C13H14N4O3.C6H4ClF/c18-13(15-5-1-3-10(8-15)17(19)20)11-4-2-6-16-9-14-7-12(11)16;7-5-2-1-3-6(8)4-5/h2,4,6-7,9-10H,1,3,5,8H2;1-4H. The molecule has 0 spiro atoms. The second-order valence-electron chi connectivity index (χ2n) is 6.38. The van der Waals surface area contributed by atoms with Crippen LogP contribution in [0.4, 0.5) is 4.39 Å². The highest BCUT2D eigenvalue weighted by Gasteiger charge is 2.31. The number of aromatic nitrogens is 2. The Hall–Kier alpha value is -3.00. The number of imidazole rings is 1. The maximum absolute atomic E-state index is 12.5. The van der Waals surface area contributed by atoms with E-state index in [4.69, 9.17) is 11.6 Å². The molecule has 1 fully saturated rings. The van der Waals surface area contributed by atoms with Crippen LogP contribution in [0.5, 0.6) is 0 Å². The SMILES string of the molecule is Fc1cccc(Cl)c1.O=C(c1cccn2cncc12)N1CCCC([N+](=O)[O-])C1. The fraction of sp³-hybridized carbons (Fsp3) is 0.263. The summed E-state index contributed by atoms with van der Waals surface area (Å²) in [5, 5.41) is 11.3. The summed E-state index contributed by atoms with van der Waals surface area (Å²) in [4.78, 5) is 28.7. The maximum Gasteiger partial charge on any atom is 0.256 e. The monoisotopic (exact) mass is 404 g/mol. The van der Waals surface area contributed by atoms with Gasteiger partial charge in [-0.3, -0.25) is 14.9 Å². The van der Waals surface area contributed by atoms with Gasteiger partial charge in [0.2, 0.25) is 6.04 Å². The Morgan fingerprint density at radius 2 is 2.14 bits per heavy atom. The molecule has 7 nitrogen and oxygen atoms in total. The minimum Gasteiger partial charge on any atom is -0.332 e. The first-order chi connectivity index (χ1) is 13.5. The van der Waals surface area contributed by atoms with Crippen LogP contribution in [0, 0.1) is 15.9 Å². The Balaban J connectivity index is 0.000000236. The molecule has 3 heterocycles. The largest absolute Gasteiger partial charge is 0.332 e. The second-order valence-corrected chi connectivity index (χ2v) is 6.82. The van der Waals surface area contributed by atoms with Gasteiger partial charge in [-0.2, -0.15) is 0 Å². The van der Waals surface area contributed by atoms with Gasteiger partial charge in [-0.05, 0) is 36.8 Å². The van der Waals surface area contributed by atoms with Gasteiger partial charge in [-0.15, -0.1) is 0 Å². The van der Waals surface area contributed by atoms with Crippen LogP contribution >= 0.6 is 11.6 Å². The number of carbonyl (C=O) groups is 1. The zero-order valence-electron chi connectivity index (χ0n) is 14.9. The van der Waals surface area contributed by atoms with Crippen LogP contribution < -0.4 is 0 Å². The number of benzene rings is 1. The molecule has 1 aromatic carbocycles. The lowest BCUT2D eigenvalue weighted by molar-refractivity contribution is -0.525. The third-order valence-electron chi connectivity index (χ3n) is 4.45. The first-order valence-corrected chi connectivity index (χ1v) is 9.08. The number of carbonyl (C=O) groups excluding carboxylic acids is 1. The number of nitrogens with zero attached hydrogens (tertiary/aromatic N) is 4. The minimum absolute atomic E-state index is 0.164. The zero-order chi connectivity index (χ0) is 20.1. The summed E-state index contributed by atoms with van der Waals surface area (Å²) in [7, 11) is 0. The van der Waals surface area contributed by atoms with E-state index in [-0.39, 0.29) is 23.2 Å². The number of fused-ring (bicyclic) bond motifs is 1. The number of pyridine rings is 1. The Kier molecular flexibility index (Phi) is 6.20. The van der Waals surface area contributed by atoms with Crippen LogP contribution in [0.25, 0.3) is 5.52 Å². The number of piperidine rings is 1. The van der Waals surface area contributed by atoms with E-state index in [0.717, 1.165) is 5.52 Å². The van der Waals surface area contributed by atoms with Crippen molar-refractivity contribution in [1.29, 1.82) is 0 Å². The molecule has 0 aliphatic carbocycles. The summed E-state index contributed by atoms with van der Waals surface area (Å²) in [6.07, 6.45) is 6.27. The summed E-state index contributed by atoms with van der Waals surface area (Å²) in [5.74, 6) is -0.458. The lowest BCUT2D eigenvalue weighted by Crippen LogP contribution is -2.45. The quantitative estimate of drug-likeness (QED) is 0.482.